The van der Waals surface area contributed by atoms with Crippen LogP contribution < -0.4 is 0 Å². The molecule has 168 valence electrons. The number of aliphatic hydroxyl groups is 4. The molecule has 0 aromatic rings. The van der Waals surface area contributed by atoms with Crippen LogP contribution in [0.25, 0.3) is 0 Å². The molecule has 1 saturated heterocycles. The van der Waals surface area contributed by atoms with Crippen LogP contribution in [0.5, 0.6) is 0 Å². The lowest BCUT2D eigenvalue weighted by molar-refractivity contribution is 0.0758. The molecule has 6 unspecified atom stereocenters. The summed E-state index contributed by atoms with van der Waals surface area (Å²) in [6.45, 7) is 17.0. The molecule has 0 aromatic heterocycles. The van der Waals surface area contributed by atoms with E-state index in [9.17, 15) is 20.4 Å². The van der Waals surface area contributed by atoms with Gasteiger partial charge in [-0.2, -0.15) is 0 Å². The molecule has 1 fully saturated rings. The van der Waals surface area contributed by atoms with Crippen LogP contribution in [0.1, 0.15) is 68.2 Å². The van der Waals surface area contributed by atoms with Crippen LogP contribution in [0.15, 0.2) is 0 Å². The van der Waals surface area contributed by atoms with Crippen LogP contribution in [0.3, 0.4) is 0 Å². The molecule has 1 aliphatic rings. The Bertz CT molecular complexity index is 549. The third-order valence-electron chi connectivity index (χ3n) is 5.44. The van der Waals surface area contributed by atoms with Crippen LogP contribution in [0.4, 0.5) is 0 Å². The van der Waals surface area contributed by atoms with Crippen molar-refractivity contribution in [3.63, 3.8) is 0 Å². The Kier molecular flexibility index (Phi) is 9.05. The molecule has 0 radical (unpaired) electrons. The van der Waals surface area contributed by atoms with Gasteiger partial charge in [0.1, 0.15) is 23.4 Å². The van der Waals surface area contributed by atoms with Gasteiger partial charge in [-0.1, -0.05) is 79.0 Å². The van der Waals surface area contributed by atoms with Crippen LogP contribution in [0, 0.1) is 22.7 Å². The summed E-state index contributed by atoms with van der Waals surface area (Å²) < 4.78 is 0. The second-order valence-corrected chi connectivity index (χ2v) is 21.8. The fourth-order valence-corrected chi connectivity index (χ4v) is 17.2. The molecule has 1 rings (SSSR count). The summed E-state index contributed by atoms with van der Waals surface area (Å²) in [5.41, 5.74) is 0.210. The van der Waals surface area contributed by atoms with Gasteiger partial charge in [-0.25, -0.2) is 0 Å². The minimum atomic E-state index is -2.81. The van der Waals surface area contributed by atoms with Crippen molar-refractivity contribution in [3.8, 4) is 0 Å². The Labute approximate surface area is 182 Å². The molecule has 0 spiro atoms. The van der Waals surface area contributed by atoms with Crippen LogP contribution >= 0.6 is 12.1 Å². The molecule has 4 nitrogen and oxygen atoms in total. The number of hydrogen-bond acceptors (Lipinski definition) is 6. The van der Waals surface area contributed by atoms with E-state index in [4.69, 9.17) is 23.6 Å². The second-order valence-electron chi connectivity index (χ2n) is 11.5. The van der Waals surface area contributed by atoms with Gasteiger partial charge in [0.15, 0.2) is 0 Å². The first-order valence-corrected chi connectivity index (χ1v) is 16.5. The summed E-state index contributed by atoms with van der Waals surface area (Å²) in [7, 11) is 0. The highest BCUT2D eigenvalue weighted by Crippen LogP contribution is 2.73. The van der Waals surface area contributed by atoms with E-state index in [-0.39, 0.29) is 22.7 Å². The molecule has 0 aromatic carbocycles. The Balaban J connectivity index is 3.09. The van der Waals surface area contributed by atoms with Crippen molar-refractivity contribution in [1.82, 2.24) is 0 Å². The van der Waals surface area contributed by atoms with E-state index < -0.39 is 35.5 Å². The van der Waals surface area contributed by atoms with Crippen LogP contribution in [-0.2, 0) is 23.6 Å². The molecule has 1 aliphatic heterocycles. The highest BCUT2D eigenvalue weighted by atomic mass is 32.4. The van der Waals surface area contributed by atoms with Gasteiger partial charge in [0.25, 0.3) is 0 Å². The third kappa shape index (κ3) is 6.57. The standard InChI is InChI=1S/C20H42O4P2S2/c1-13(9-19(3,4)5)11-25(27)15(21)17(23)26(28,18(24)16(25)22)12-14(2)10-20(6,7)8/h13-18,21-24H,9-12H2,1-8H3. The molecule has 1 heterocycles. The van der Waals surface area contributed by atoms with Crippen molar-refractivity contribution in [3.05, 3.63) is 0 Å². The van der Waals surface area contributed by atoms with Gasteiger partial charge in [0.05, 0.1) is 0 Å². The van der Waals surface area contributed by atoms with E-state index in [0.717, 1.165) is 12.8 Å². The van der Waals surface area contributed by atoms with Crippen molar-refractivity contribution >= 4 is 35.7 Å². The quantitative estimate of drug-likeness (QED) is 0.430. The predicted molar refractivity (Wildman–Crippen MR) is 129 cm³/mol. The molecular formula is C20H42O4P2S2. The normalized spacial score (nSPS) is 39.6. The van der Waals surface area contributed by atoms with Crippen molar-refractivity contribution < 1.29 is 20.4 Å². The van der Waals surface area contributed by atoms with Crippen molar-refractivity contribution in [2.24, 2.45) is 22.7 Å². The van der Waals surface area contributed by atoms with E-state index in [1.807, 2.05) is 0 Å². The van der Waals surface area contributed by atoms with Crippen LogP contribution in [0.2, 0.25) is 0 Å². The van der Waals surface area contributed by atoms with Crippen molar-refractivity contribution in [1.29, 1.82) is 0 Å². The lowest BCUT2D eigenvalue weighted by Crippen LogP contribution is -2.46. The van der Waals surface area contributed by atoms with Gasteiger partial charge < -0.3 is 20.4 Å². The molecule has 28 heavy (non-hydrogen) atoms. The van der Waals surface area contributed by atoms with Gasteiger partial charge >= 0.3 is 0 Å². The Morgan fingerprint density at radius 2 is 0.857 bits per heavy atom. The molecule has 0 bridgehead atoms. The zero-order valence-electron chi connectivity index (χ0n) is 18.8. The maximum atomic E-state index is 11.0. The summed E-state index contributed by atoms with van der Waals surface area (Å²) in [5, 5.41) is 44.0. The number of hydrogen-bond donors (Lipinski definition) is 4. The molecule has 0 saturated carbocycles. The first-order valence-electron chi connectivity index (χ1n) is 10.2. The fourth-order valence-electron chi connectivity index (χ4n) is 4.84. The predicted octanol–water partition coefficient (Wildman–Crippen LogP) is 4.38. The molecular weight excluding hydrogens is 430 g/mol. The largest absolute Gasteiger partial charge is 0.385 e. The highest BCUT2D eigenvalue weighted by molar-refractivity contribution is 8.19. The van der Waals surface area contributed by atoms with Crippen molar-refractivity contribution in [2.45, 2.75) is 91.6 Å². The van der Waals surface area contributed by atoms with E-state index in [0.29, 0.717) is 12.3 Å². The zero-order valence-corrected chi connectivity index (χ0v) is 22.2. The summed E-state index contributed by atoms with van der Waals surface area (Å²) in [6.07, 6.45) is 2.72. The molecule has 4 N–H and O–H groups in total. The second kappa shape index (κ2) is 9.33. The summed E-state index contributed by atoms with van der Waals surface area (Å²) in [5.74, 6) is -4.42. The van der Waals surface area contributed by atoms with Crippen LogP contribution in [-0.4, -0.2) is 56.1 Å². The molecule has 0 aliphatic carbocycles. The van der Waals surface area contributed by atoms with E-state index >= 15 is 0 Å². The zero-order chi connectivity index (χ0) is 22.3. The Morgan fingerprint density at radius 3 is 1.04 bits per heavy atom. The van der Waals surface area contributed by atoms with Gasteiger partial charge in [-0.3, -0.25) is 0 Å². The topological polar surface area (TPSA) is 80.9 Å². The molecule has 8 heteroatoms. The van der Waals surface area contributed by atoms with Gasteiger partial charge in [0, 0.05) is 12.1 Å². The van der Waals surface area contributed by atoms with Gasteiger partial charge in [-0.05, 0) is 47.8 Å². The lowest BCUT2D eigenvalue weighted by Gasteiger charge is -2.50. The van der Waals surface area contributed by atoms with E-state index in [1.165, 1.54) is 0 Å². The number of aliphatic hydroxyl groups excluding tert-OH is 4. The average molecular weight is 473 g/mol. The smallest absolute Gasteiger partial charge is 0.115 e. The fraction of sp³-hybridized carbons (Fsp3) is 1.00. The highest BCUT2D eigenvalue weighted by Gasteiger charge is 2.56. The maximum absolute atomic E-state index is 11.0. The SMILES string of the molecule is CC(CC(C)(C)C)CP1(=S)C(O)C(O)P(=S)(CC(C)CC(C)(C)C)C(O)C1O. The maximum Gasteiger partial charge on any atom is 0.115 e. The molecule has 0 amide bonds. The summed E-state index contributed by atoms with van der Waals surface area (Å²) in [4.78, 5) is 0. The Hall–Kier alpha value is 1.14. The molecule has 6 atom stereocenters. The monoisotopic (exact) mass is 472 g/mol. The Morgan fingerprint density at radius 1 is 0.643 bits per heavy atom. The summed E-state index contributed by atoms with van der Waals surface area (Å²) >= 11 is 11.6. The number of rotatable bonds is 6. The minimum Gasteiger partial charge on any atom is -0.385 e. The van der Waals surface area contributed by atoms with E-state index in [1.54, 1.807) is 0 Å². The minimum absolute atomic E-state index is 0.105. The lowest BCUT2D eigenvalue weighted by atomic mass is 9.86. The third-order valence-corrected chi connectivity index (χ3v) is 16.5. The van der Waals surface area contributed by atoms with Gasteiger partial charge in [-0.15, -0.1) is 0 Å². The average Bonchev–Trinajstić information content (AvgIpc) is 2.46. The van der Waals surface area contributed by atoms with Crippen molar-refractivity contribution in [2.75, 3.05) is 12.3 Å². The van der Waals surface area contributed by atoms with E-state index in [2.05, 4.69) is 55.4 Å². The first-order chi connectivity index (χ1) is 12.3. The summed E-state index contributed by atoms with van der Waals surface area (Å²) in [6, 6.07) is -5.62. The van der Waals surface area contributed by atoms with Gasteiger partial charge in [0.2, 0.25) is 0 Å². The first kappa shape index (κ1) is 27.2.